The van der Waals surface area contributed by atoms with Gasteiger partial charge in [-0.1, -0.05) is 12.1 Å². The topological polar surface area (TPSA) is 75.7 Å². The Bertz CT molecular complexity index is 1060. The van der Waals surface area contributed by atoms with Gasteiger partial charge in [0.1, 0.15) is 11.6 Å². The quantitative estimate of drug-likeness (QED) is 0.526. The maximum absolute atomic E-state index is 13.2. The van der Waals surface area contributed by atoms with Gasteiger partial charge in [0.15, 0.2) is 0 Å². The maximum atomic E-state index is 13.2. The third-order valence-corrected chi connectivity index (χ3v) is 4.28. The predicted molar refractivity (Wildman–Crippen MR) is 105 cm³/mol. The first-order valence-electron chi connectivity index (χ1n) is 8.72. The number of methoxy groups -OCH3 is 1. The van der Waals surface area contributed by atoms with Gasteiger partial charge in [0.25, 0.3) is 0 Å². The molecule has 2 N–H and O–H groups in total. The average molecular weight is 375 g/mol. The van der Waals surface area contributed by atoms with Gasteiger partial charge in [-0.2, -0.15) is 0 Å². The Labute approximate surface area is 161 Å². The van der Waals surface area contributed by atoms with E-state index in [-0.39, 0.29) is 5.82 Å². The molecule has 2 heterocycles. The van der Waals surface area contributed by atoms with Crippen molar-refractivity contribution >= 4 is 5.95 Å². The second-order valence-electron chi connectivity index (χ2n) is 6.10. The number of hydrogen-bond donors (Lipinski definition) is 2. The molecule has 0 amide bonds. The summed E-state index contributed by atoms with van der Waals surface area (Å²) in [5.41, 5.74) is 4.05. The van der Waals surface area contributed by atoms with E-state index in [9.17, 15) is 4.39 Å². The average Bonchev–Trinajstić information content (AvgIpc) is 3.23. The fourth-order valence-electron chi connectivity index (χ4n) is 2.82. The van der Waals surface area contributed by atoms with E-state index in [2.05, 4.69) is 25.3 Å². The molecule has 0 saturated carbocycles. The van der Waals surface area contributed by atoms with Crippen LogP contribution in [0.15, 0.2) is 67.1 Å². The molecule has 4 rings (SSSR count). The molecule has 0 bridgehead atoms. The molecule has 140 valence electrons. The van der Waals surface area contributed by atoms with Gasteiger partial charge >= 0.3 is 0 Å². The first-order chi connectivity index (χ1) is 13.7. The number of halogens is 1. The maximum Gasteiger partial charge on any atom is 0.223 e. The summed E-state index contributed by atoms with van der Waals surface area (Å²) in [6, 6.07) is 15.8. The van der Waals surface area contributed by atoms with Crippen molar-refractivity contribution in [2.45, 2.75) is 6.54 Å². The van der Waals surface area contributed by atoms with Crippen LogP contribution in [0.4, 0.5) is 10.3 Å². The fraction of sp³-hybridized carbons (Fsp3) is 0.0952. The van der Waals surface area contributed by atoms with Crippen molar-refractivity contribution in [3.63, 3.8) is 0 Å². The van der Waals surface area contributed by atoms with E-state index in [0.29, 0.717) is 23.9 Å². The SMILES string of the molecule is COc1ccc(CNc2nccc(-c3[nH]cnc3-c3ccc(F)cc3)n2)cc1. The summed E-state index contributed by atoms with van der Waals surface area (Å²) >= 11 is 0. The molecule has 0 aliphatic heterocycles. The number of H-pyrrole nitrogens is 1. The minimum absolute atomic E-state index is 0.284. The van der Waals surface area contributed by atoms with Gasteiger partial charge in [-0.05, 0) is 48.0 Å². The first kappa shape index (κ1) is 17.7. The number of aromatic nitrogens is 4. The molecule has 0 unspecified atom stereocenters. The lowest BCUT2D eigenvalue weighted by Gasteiger charge is -2.08. The van der Waals surface area contributed by atoms with Crippen LogP contribution in [0, 0.1) is 5.82 Å². The molecule has 0 spiro atoms. The molecule has 6 nitrogen and oxygen atoms in total. The highest BCUT2D eigenvalue weighted by atomic mass is 19.1. The second-order valence-corrected chi connectivity index (χ2v) is 6.10. The van der Waals surface area contributed by atoms with Crippen molar-refractivity contribution in [3.8, 4) is 28.4 Å². The minimum atomic E-state index is -0.284. The van der Waals surface area contributed by atoms with E-state index in [1.54, 1.807) is 37.8 Å². The molecule has 0 radical (unpaired) electrons. The zero-order valence-electron chi connectivity index (χ0n) is 15.2. The van der Waals surface area contributed by atoms with Crippen molar-refractivity contribution in [2.24, 2.45) is 0 Å². The van der Waals surface area contributed by atoms with Crippen LogP contribution in [0.2, 0.25) is 0 Å². The van der Waals surface area contributed by atoms with Crippen molar-refractivity contribution in [2.75, 3.05) is 12.4 Å². The number of rotatable bonds is 6. The van der Waals surface area contributed by atoms with Gasteiger partial charge in [0.05, 0.1) is 30.5 Å². The molecule has 0 fully saturated rings. The molecule has 2 aromatic carbocycles. The Morgan fingerprint density at radius 1 is 1.00 bits per heavy atom. The van der Waals surface area contributed by atoms with Crippen LogP contribution < -0.4 is 10.1 Å². The Hall–Kier alpha value is -3.74. The van der Waals surface area contributed by atoms with Crippen molar-refractivity contribution < 1.29 is 9.13 Å². The largest absolute Gasteiger partial charge is 0.497 e. The summed E-state index contributed by atoms with van der Waals surface area (Å²) in [7, 11) is 1.64. The highest BCUT2D eigenvalue weighted by Crippen LogP contribution is 2.28. The monoisotopic (exact) mass is 375 g/mol. The molecule has 0 aliphatic rings. The van der Waals surface area contributed by atoms with Gasteiger partial charge < -0.3 is 15.0 Å². The van der Waals surface area contributed by atoms with E-state index < -0.39 is 0 Å². The lowest BCUT2D eigenvalue weighted by molar-refractivity contribution is 0.414. The zero-order valence-corrected chi connectivity index (χ0v) is 15.2. The fourth-order valence-corrected chi connectivity index (χ4v) is 2.82. The van der Waals surface area contributed by atoms with E-state index in [0.717, 1.165) is 22.6 Å². The van der Waals surface area contributed by atoms with Crippen LogP contribution in [0.5, 0.6) is 5.75 Å². The highest BCUT2D eigenvalue weighted by molar-refractivity contribution is 5.76. The molecular formula is C21H18FN5O. The number of nitrogens with zero attached hydrogens (tertiary/aromatic N) is 3. The number of imidazole rings is 1. The van der Waals surface area contributed by atoms with Gasteiger partial charge in [-0.15, -0.1) is 0 Å². The Kier molecular flexibility index (Phi) is 4.97. The number of hydrogen-bond acceptors (Lipinski definition) is 5. The Morgan fingerprint density at radius 3 is 2.54 bits per heavy atom. The summed E-state index contributed by atoms with van der Waals surface area (Å²) in [4.78, 5) is 16.3. The van der Waals surface area contributed by atoms with Crippen LogP contribution in [0.25, 0.3) is 22.6 Å². The summed E-state index contributed by atoms with van der Waals surface area (Å²) < 4.78 is 18.4. The van der Waals surface area contributed by atoms with Crippen LogP contribution in [0.1, 0.15) is 5.56 Å². The second kappa shape index (κ2) is 7.87. The summed E-state index contributed by atoms with van der Waals surface area (Å²) in [5, 5.41) is 3.22. The van der Waals surface area contributed by atoms with Crippen molar-refractivity contribution in [1.29, 1.82) is 0 Å². The van der Waals surface area contributed by atoms with Crippen molar-refractivity contribution in [3.05, 3.63) is 78.5 Å². The van der Waals surface area contributed by atoms with E-state index in [1.165, 1.54) is 12.1 Å². The van der Waals surface area contributed by atoms with Gasteiger partial charge in [0.2, 0.25) is 5.95 Å². The Balaban J connectivity index is 1.54. The molecule has 0 saturated heterocycles. The molecule has 2 aromatic heterocycles. The predicted octanol–water partition coefficient (Wildman–Crippen LogP) is 4.29. The number of ether oxygens (including phenoxy) is 1. The number of aromatic amines is 1. The number of anilines is 1. The molecular weight excluding hydrogens is 357 g/mol. The van der Waals surface area contributed by atoms with E-state index in [1.807, 2.05) is 24.3 Å². The molecule has 4 aromatic rings. The van der Waals surface area contributed by atoms with Gasteiger partial charge in [-0.25, -0.2) is 19.3 Å². The van der Waals surface area contributed by atoms with Gasteiger partial charge in [0, 0.05) is 18.3 Å². The zero-order chi connectivity index (χ0) is 19.3. The van der Waals surface area contributed by atoms with E-state index >= 15 is 0 Å². The van der Waals surface area contributed by atoms with Crippen LogP contribution in [0.3, 0.4) is 0 Å². The molecule has 0 aliphatic carbocycles. The molecule has 7 heteroatoms. The lowest BCUT2D eigenvalue weighted by Crippen LogP contribution is -2.04. The third kappa shape index (κ3) is 3.83. The molecule has 28 heavy (non-hydrogen) atoms. The van der Waals surface area contributed by atoms with Crippen LogP contribution >= 0.6 is 0 Å². The van der Waals surface area contributed by atoms with E-state index in [4.69, 9.17) is 4.74 Å². The Morgan fingerprint density at radius 2 is 1.79 bits per heavy atom. The van der Waals surface area contributed by atoms with Crippen LogP contribution in [-0.2, 0) is 6.54 Å². The van der Waals surface area contributed by atoms with Crippen LogP contribution in [-0.4, -0.2) is 27.0 Å². The third-order valence-electron chi connectivity index (χ3n) is 4.28. The molecule has 0 atom stereocenters. The minimum Gasteiger partial charge on any atom is -0.497 e. The normalized spacial score (nSPS) is 10.6. The first-order valence-corrected chi connectivity index (χ1v) is 8.72. The summed E-state index contributed by atoms with van der Waals surface area (Å²) in [6.45, 7) is 0.585. The number of benzene rings is 2. The standard InChI is InChI=1S/C21H18FN5O/c1-28-17-8-2-14(3-9-17)12-24-21-23-11-10-18(27-21)20-19(25-13-26-20)15-4-6-16(22)7-5-15/h2-11,13H,12H2,1H3,(H,25,26)(H,23,24,27). The smallest absolute Gasteiger partial charge is 0.223 e. The van der Waals surface area contributed by atoms with Gasteiger partial charge in [-0.3, -0.25) is 0 Å². The highest BCUT2D eigenvalue weighted by Gasteiger charge is 2.12. The lowest BCUT2D eigenvalue weighted by atomic mass is 10.1. The summed E-state index contributed by atoms with van der Waals surface area (Å²) in [5.74, 6) is 1.04. The summed E-state index contributed by atoms with van der Waals surface area (Å²) in [6.07, 6.45) is 3.29. The van der Waals surface area contributed by atoms with Crippen molar-refractivity contribution in [1.82, 2.24) is 19.9 Å². The number of nitrogens with one attached hydrogen (secondary N) is 2.